The SMILES string of the molecule is O=C1NCCCC[C@H]1NS(=O)(=O)c1ccc(F)c(Oc2ccccc2)c1Cc1ccccc1. The summed E-state index contributed by atoms with van der Waals surface area (Å²) in [7, 11) is -4.15. The van der Waals surface area contributed by atoms with E-state index in [-0.39, 0.29) is 28.5 Å². The molecule has 0 spiro atoms. The summed E-state index contributed by atoms with van der Waals surface area (Å²) in [6.45, 7) is 0.516. The van der Waals surface area contributed by atoms with E-state index in [2.05, 4.69) is 10.0 Å². The third kappa shape index (κ3) is 5.58. The number of nitrogens with one attached hydrogen (secondary N) is 2. The van der Waals surface area contributed by atoms with Gasteiger partial charge in [-0.15, -0.1) is 0 Å². The molecule has 1 aliphatic heterocycles. The Morgan fingerprint density at radius 2 is 1.67 bits per heavy atom. The molecule has 8 heteroatoms. The molecule has 6 nitrogen and oxygen atoms in total. The van der Waals surface area contributed by atoms with Crippen molar-refractivity contribution < 1.29 is 22.3 Å². The van der Waals surface area contributed by atoms with E-state index in [1.807, 2.05) is 30.3 Å². The Balaban J connectivity index is 1.77. The van der Waals surface area contributed by atoms with Gasteiger partial charge in [-0.3, -0.25) is 4.79 Å². The topological polar surface area (TPSA) is 84.5 Å². The fourth-order valence-electron chi connectivity index (χ4n) is 3.82. The van der Waals surface area contributed by atoms with Crippen LogP contribution in [-0.4, -0.2) is 26.9 Å². The lowest BCUT2D eigenvalue weighted by atomic mass is 10.0. The van der Waals surface area contributed by atoms with Gasteiger partial charge in [0.15, 0.2) is 11.6 Å². The van der Waals surface area contributed by atoms with E-state index in [0.717, 1.165) is 18.1 Å². The number of carbonyl (C=O) groups excluding carboxylic acids is 1. The molecule has 1 heterocycles. The highest BCUT2D eigenvalue weighted by Crippen LogP contribution is 2.35. The number of benzene rings is 3. The molecule has 4 rings (SSSR count). The predicted molar refractivity (Wildman–Crippen MR) is 123 cm³/mol. The molecule has 3 aromatic rings. The molecule has 1 fully saturated rings. The Bertz CT molecular complexity index is 1220. The van der Waals surface area contributed by atoms with Crippen molar-refractivity contribution in [2.45, 2.75) is 36.6 Å². The zero-order valence-electron chi connectivity index (χ0n) is 18.0. The molecule has 0 aliphatic carbocycles. The van der Waals surface area contributed by atoms with Gasteiger partial charge in [0.2, 0.25) is 15.9 Å². The lowest BCUT2D eigenvalue weighted by molar-refractivity contribution is -0.122. The maximum atomic E-state index is 15.0. The van der Waals surface area contributed by atoms with Crippen LogP contribution in [0.3, 0.4) is 0 Å². The van der Waals surface area contributed by atoms with Gasteiger partial charge in [-0.25, -0.2) is 12.8 Å². The van der Waals surface area contributed by atoms with Crippen LogP contribution in [0.1, 0.15) is 30.4 Å². The van der Waals surface area contributed by atoms with Gasteiger partial charge in [0.05, 0.1) is 4.90 Å². The molecule has 0 unspecified atom stereocenters. The largest absolute Gasteiger partial charge is 0.454 e. The number of hydrogen-bond acceptors (Lipinski definition) is 4. The second-order valence-corrected chi connectivity index (χ2v) is 9.57. The summed E-state index contributed by atoms with van der Waals surface area (Å²) in [5.74, 6) is -0.797. The molecule has 1 saturated heterocycles. The van der Waals surface area contributed by atoms with Crippen LogP contribution in [0.15, 0.2) is 77.7 Å². The molecule has 1 atom stereocenters. The van der Waals surface area contributed by atoms with Crippen molar-refractivity contribution in [1.29, 1.82) is 0 Å². The second-order valence-electron chi connectivity index (χ2n) is 7.89. The van der Waals surface area contributed by atoms with Gasteiger partial charge in [0.1, 0.15) is 11.8 Å². The maximum Gasteiger partial charge on any atom is 0.241 e. The highest BCUT2D eigenvalue weighted by molar-refractivity contribution is 7.89. The minimum atomic E-state index is -4.15. The van der Waals surface area contributed by atoms with Crippen LogP contribution in [0, 0.1) is 5.82 Å². The Morgan fingerprint density at radius 3 is 2.39 bits per heavy atom. The number of carbonyl (C=O) groups is 1. The van der Waals surface area contributed by atoms with Crippen LogP contribution < -0.4 is 14.8 Å². The highest BCUT2D eigenvalue weighted by atomic mass is 32.2. The molecule has 33 heavy (non-hydrogen) atoms. The molecule has 0 radical (unpaired) electrons. The van der Waals surface area contributed by atoms with Crippen LogP contribution in [0.2, 0.25) is 0 Å². The van der Waals surface area contributed by atoms with Gasteiger partial charge in [-0.1, -0.05) is 48.5 Å². The lowest BCUT2D eigenvalue weighted by Gasteiger charge is -2.20. The van der Waals surface area contributed by atoms with Crippen molar-refractivity contribution in [2.75, 3.05) is 6.54 Å². The number of ether oxygens (including phenoxy) is 1. The Kier molecular flexibility index (Phi) is 7.05. The van der Waals surface area contributed by atoms with Gasteiger partial charge < -0.3 is 10.1 Å². The summed E-state index contributed by atoms with van der Waals surface area (Å²) in [5, 5.41) is 2.73. The first-order chi connectivity index (χ1) is 15.9. The standard InChI is InChI=1S/C25H25FN2O4S/c26-21-14-15-23(33(30,31)28-22-13-7-8-16-27-25(22)29)20(17-18-9-3-1-4-10-18)24(21)32-19-11-5-2-6-12-19/h1-6,9-12,14-15,22,28H,7-8,13,16-17H2,(H,27,29)/t22-/m1/s1. The van der Waals surface area contributed by atoms with Crippen molar-refractivity contribution in [1.82, 2.24) is 10.0 Å². The quantitative estimate of drug-likeness (QED) is 0.546. The molecule has 1 amide bonds. The number of para-hydroxylation sites is 1. The van der Waals surface area contributed by atoms with Crippen LogP contribution in [-0.2, 0) is 21.2 Å². The fourth-order valence-corrected chi connectivity index (χ4v) is 5.28. The number of hydrogen-bond donors (Lipinski definition) is 2. The predicted octanol–water partition coefficient (Wildman–Crippen LogP) is 4.16. The normalized spacial score (nSPS) is 16.6. The summed E-state index contributed by atoms with van der Waals surface area (Å²) in [6.07, 6.45) is 2.03. The minimum absolute atomic E-state index is 0.115. The van der Waals surface area contributed by atoms with E-state index >= 15 is 0 Å². The zero-order valence-corrected chi connectivity index (χ0v) is 18.8. The summed E-state index contributed by atoms with van der Waals surface area (Å²) in [5.41, 5.74) is 0.983. The number of halogens is 1. The average molecular weight is 469 g/mol. The van der Waals surface area contributed by atoms with E-state index in [0.29, 0.717) is 25.1 Å². The van der Waals surface area contributed by atoms with Crippen molar-refractivity contribution in [2.24, 2.45) is 0 Å². The van der Waals surface area contributed by atoms with Crippen LogP contribution in [0.25, 0.3) is 0 Å². The van der Waals surface area contributed by atoms with Gasteiger partial charge >= 0.3 is 0 Å². The first-order valence-corrected chi connectivity index (χ1v) is 12.3. The van der Waals surface area contributed by atoms with E-state index < -0.39 is 21.9 Å². The lowest BCUT2D eigenvalue weighted by Crippen LogP contribution is -2.45. The molecular formula is C25H25FN2O4S. The van der Waals surface area contributed by atoms with Gasteiger partial charge in [0.25, 0.3) is 0 Å². The maximum absolute atomic E-state index is 15.0. The van der Waals surface area contributed by atoms with Crippen LogP contribution in [0.4, 0.5) is 4.39 Å². The molecule has 0 aromatic heterocycles. The Hall–Kier alpha value is -3.23. The van der Waals surface area contributed by atoms with Crippen molar-refractivity contribution in [3.8, 4) is 11.5 Å². The Labute approximate surface area is 192 Å². The third-order valence-corrected chi connectivity index (χ3v) is 7.03. The second kappa shape index (κ2) is 10.1. The highest BCUT2D eigenvalue weighted by Gasteiger charge is 2.30. The summed E-state index contributed by atoms with van der Waals surface area (Å²) >= 11 is 0. The number of amides is 1. The molecule has 172 valence electrons. The fraction of sp³-hybridized carbons (Fsp3) is 0.240. The molecule has 0 bridgehead atoms. The molecule has 3 aromatic carbocycles. The first kappa shape index (κ1) is 22.9. The van der Waals surface area contributed by atoms with Crippen molar-refractivity contribution in [3.05, 3.63) is 89.7 Å². The van der Waals surface area contributed by atoms with Crippen molar-refractivity contribution >= 4 is 15.9 Å². The summed E-state index contributed by atoms with van der Waals surface area (Å²) in [4.78, 5) is 12.2. The molecule has 0 saturated carbocycles. The number of rotatable bonds is 7. The van der Waals surface area contributed by atoms with E-state index in [4.69, 9.17) is 4.74 Å². The van der Waals surface area contributed by atoms with Crippen molar-refractivity contribution in [3.63, 3.8) is 0 Å². The smallest absolute Gasteiger partial charge is 0.241 e. The van der Waals surface area contributed by atoms with Crippen LogP contribution >= 0.6 is 0 Å². The average Bonchev–Trinajstić information content (AvgIpc) is 3.01. The monoisotopic (exact) mass is 468 g/mol. The zero-order chi connectivity index (χ0) is 23.3. The minimum Gasteiger partial charge on any atom is -0.454 e. The van der Waals surface area contributed by atoms with E-state index in [9.17, 15) is 17.6 Å². The molecular weight excluding hydrogens is 443 g/mol. The van der Waals surface area contributed by atoms with Gasteiger partial charge in [0, 0.05) is 18.5 Å². The first-order valence-electron chi connectivity index (χ1n) is 10.8. The molecule has 1 aliphatic rings. The summed E-state index contributed by atoms with van der Waals surface area (Å²) in [6, 6.07) is 19.2. The molecule has 2 N–H and O–H groups in total. The number of sulfonamides is 1. The van der Waals surface area contributed by atoms with E-state index in [1.165, 1.54) is 6.07 Å². The third-order valence-electron chi connectivity index (χ3n) is 5.48. The van der Waals surface area contributed by atoms with Crippen LogP contribution in [0.5, 0.6) is 11.5 Å². The summed E-state index contributed by atoms with van der Waals surface area (Å²) < 4.78 is 50.2. The van der Waals surface area contributed by atoms with Gasteiger partial charge in [-0.2, -0.15) is 4.72 Å². The Morgan fingerprint density at radius 1 is 0.970 bits per heavy atom. The van der Waals surface area contributed by atoms with Gasteiger partial charge in [-0.05, 0) is 49.1 Å². The van der Waals surface area contributed by atoms with E-state index in [1.54, 1.807) is 30.3 Å².